The van der Waals surface area contributed by atoms with Gasteiger partial charge in [0.05, 0.1) is 12.6 Å². The van der Waals surface area contributed by atoms with Crippen molar-refractivity contribution >= 4 is 17.6 Å². The number of rotatable bonds is 5. The molecular weight excluding hydrogens is 314 g/mol. The fraction of sp³-hybridized carbons (Fsp3) is 0.211. The smallest absolute Gasteiger partial charge is 0.232 e. The van der Waals surface area contributed by atoms with Gasteiger partial charge in [-0.05, 0) is 18.6 Å². The third-order valence-electron chi connectivity index (χ3n) is 3.84. The summed E-state index contributed by atoms with van der Waals surface area (Å²) in [6.07, 6.45) is 0.943. The number of hydrogen-bond acceptors (Lipinski definition) is 6. The lowest BCUT2D eigenvalue weighted by molar-refractivity contribution is 0.195. The summed E-state index contributed by atoms with van der Waals surface area (Å²) in [4.78, 5) is 13.6. The monoisotopic (exact) mass is 331 g/mol. The van der Waals surface area contributed by atoms with E-state index in [9.17, 15) is 0 Å². The first kappa shape index (κ1) is 15.4. The molecule has 25 heavy (non-hydrogen) atoms. The van der Waals surface area contributed by atoms with Gasteiger partial charge in [0, 0.05) is 23.9 Å². The normalized spacial score (nSPS) is 16.2. The Bertz CT molecular complexity index is 820. The van der Waals surface area contributed by atoms with Crippen LogP contribution in [0.25, 0.3) is 11.4 Å². The predicted molar refractivity (Wildman–Crippen MR) is 95.5 cm³/mol. The number of aromatic nitrogens is 3. The van der Waals surface area contributed by atoms with Crippen LogP contribution in [0.2, 0.25) is 0 Å². The maximum Gasteiger partial charge on any atom is 0.232 e. The van der Waals surface area contributed by atoms with Gasteiger partial charge >= 0.3 is 0 Å². The quantitative estimate of drug-likeness (QED) is 0.748. The lowest BCUT2D eigenvalue weighted by Gasteiger charge is -2.13. The molecule has 2 heterocycles. The van der Waals surface area contributed by atoms with Crippen molar-refractivity contribution in [2.45, 2.75) is 12.5 Å². The van der Waals surface area contributed by atoms with Gasteiger partial charge in [-0.1, -0.05) is 42.5 Å². The SMILES string of the molecule is c1ccc(Nc2nc(NC3CCOC3)nc(-c3ccccc3)n2)cc#1. The molecule has 0 saturated carbocycles. The summed E-state index contributed by atoms with van der Waals surface area (Å²) in [5.41, 5.74) is 1.78. The fourth-order valence-corrected chi connectivity index (χ4v) is 2.60. The number of anilines is 3. The van der Waals surface area contributed by atoms with Crippen LogP contribution in [0.15, 0.2) is 48.5 Å². The van der Waals surface area contributed by atoms with Crippen molar-refractivity contribution in [1.82, 2.24) is 15.0 Å². The minimum atomic E-state index is 0.221. The van der Waals surface area contributed by atoms with E-state index in [0.29, 0.717) is 24.3 Å². The second-order valence-corrected chi connectivity index (χ2v) is 5.72. The summed E-state index contributed by atoms with van der Waals surface area (Å²) in [5.74, 6) is 1.64. The molecule has 1 aliphatic rings. The molecule has 6 nitrogen and oxygen atoms in total. The van der Waals surface area contributed by atoms with Crippen LogP contribution in [-0.4, -0.2) is 34.2 Å². The van der Waals surface area contributed by atoms with E-state index in [-0.39, 0.29) is 6.04 Å². The number of ether oxygens (including phenoxy) is 1. The molecule has 6 heteroatoms. The molecule has 124 valence electrons. The summed E-state index contributed by atoms with van der Waals surface area (Å²) >= 11 is 0. The third-order valence-corrected chi connectivity index (χ3v) is 3.84. The van der Waals surface area contributed by atoms with Crippen LogP contribution in [0.3, 0.4) is 0 Å². The van der Waals surface area contributed by atoms with E-state index >= 15 is 0 Å². The molecule has 4 rings (SSSR count). The first-order valence-corrected chi connectivity index (χ1v) is 8.17. The summed E-state index contributed by atoms with van der Waals surface area (Å²) < 4.78 is 5.41. The summed E-state index contributed by atoms with van der Waals surface area (Å²) in [6, 6.07) is 21.3. The second kappa shape index (κ2) is 7.16. The maximum absolute atomic E-state index is 5.41. The lowest BCUT2D eigenvalue weighted by atomic mass is 10.2. The van der Waals surface area contributed by atoms with E-state index in [1.165, 1.54) is 0 Å². The first-order chi connectivity index (χ1) is 12.4. The van der Waals surface area contributed by atoms with Crippen molar-refractivity contribution in [3.8, 4) is 11.4 Å². The number of nitrogens with one attached hydrogen (secondary N) is 2. The standard InChI is InChI=1S/C19H17N5O/c1-3-7-14(8-4-1)17-22-18(20-15-9-5-2-6-10-15)24-19(23-17)21-16-11-12-25-13-16/h1,3-5,7-10,16H,11-13H2,(H2,20,21,22,23,24). The Hall–Kier alpha value is -3.17. The summed E-state index contributed by atoms with van der Waals surface area (Å²) in [5, 5.41) is 6.53. The summed E-state index contributed by atoms with van der Waals surface area (Å²) in [6.45, 7) is 1.42. The van der Waals surface area contributed by atoms with Gasteiger partial charge in [-0.2, -0.15) is 15.0 Å². The van der Waals surface area contributed by atoms with Crippen molar-refractivity contribution in [1.29, 1.82) is 0 Å². The summed E-state index contributed by atoms with van der Waals surface area (Å²) in [7, 11) is 0. The minimum Gasteiger partial charge on any atom is -0.379 e. The Morgan fingerprint density at radius 3 is 2.64 bits per heavy atom. The molecule has 1 aliphatic heterocycles. The average Bonchev–Trinajstić information content (AvgIpc) is 3.16. The van der Waals surface area contributed by atoms with Crippen molar-refractivity contribution in [3.05, 3.63) is 60.7 Å². The van der Waals surface area contributed by atoms with Crippen molar-refractivity contribution in [3.63, 3.8) is 0 Å². The van der Waals surface area contributed by atoms with Gasteiger partial charge < -0.3 is 15.4 Å². The topological polar surface area (TPSA) is 72.0 Å². The number of nitrogens with zero attached hydrogens (tertiary/aromatic N) is 3. The number of hydrogen-bond donors (Lipinski definition) is 2. The molecule has 0 amide bonds. The van der Waals surface area contributed by atoms with E-state index in [4.69, 9.17) is 4.74 Å². The van der Waals surface area contributed by atoms with Crippen LogP contribution < -0.4 is 10.6 Å². The first-order valence-electron chi connectivity index (χ1n) is 8.17. The molecule has 1 aromatic heterocycles. The van der Waals surface area contributed by atoms with E-state index in [1.807, 2.05) is 36.4 Å². The third kappa shape index (κ3) is 3.84. The Labute approximate surface area is 146 Å². The van der Waals surface area contributed by atoms with Crippen LogP contribution in [0.5, 0.6) is 0 Å². The van der Waals surface area contributed by atoms with E-state index in [0.717, 1.165) is 24.3 Å². The van der Waals surface area contributed by atoms with Crippen LogP contribution in [0, 0.1) is 12.1 Å². The highest BCUT2D eigenvalue weighted by Crippen LogP contribution is 2.20. The molecule has 1 unspecified atom stereocenters. The van der Waals surface area contributed by atoms with Crippen molar-refractivity contribution < 1.29 is 4.74 Å². The zero-order valence-corrected chi connectivity index (χ0v) is 13.6. The molecule has 1 saturated heterocycles. The molecular formula is C19H17N5O. The highest BCUT2D eigenvalue weighted by Gasteiger charge is 2.17. The van der Waals surface area contributed by atoms with Gasteiger partial charge in [0.25, 0.3) is 0 Å². The largest absolute Gasteiger partial charge is 0.379 e. The van der Waals surface area contributed by atoms with Gasteiger partial charge in [-0.15, -0.1) is 0 Å². The van der Waals surface area contributed by atoms with Gasteiger partial charge in [0.1, 0.15) is 0 Å². The minimum absolute atomic E-state index is 0.221. The van der Waals surface area contributed by atoms with Gasteiger partial charge in [0.2, 0.25) is 11.9 Å². The lowest BCUT2D eigenvalue weighted by Crippen LogP contribution is -2.21. The van der Waals surface area contributed by atoms with Crippen LogP contribution >= 0.6 is 0 Å². The van der Waals surface area contributed by atoms with Crippen LogP contribution in [0.1, 0.15) is 6.42 Å². The zero-order chi connectivity index (χ0) is 16.9. The highest BCUT2D eigenvalue weighted by molar-refractivity contribution is 5.60. The Kier molecular flexibility index (Phi) is 4.40. The van der Waals surface area contributed by atoms with Gasteiger partial charge in [-0.3, -0.25) is 0 Å². The molecule has 0 bridgehead atoms. The van der Waals surface area contributed by atoms with Gasteiger partial charge in [0.15, 0.2) is 5.82 Å². The molecule has 0 spiro atoms. The highest BCUT2D eigenvalue weighted by atomic mass is 16.5. The maximum atomic E-state index is 5.41. The van der Waals surface area contributed by atoms with Gasteiger partial charge in [-0.25, -0.2) is 0 Å². The molecule has 2 aromatic carbocycles. The molecule has 3 aromatic rings. The molecule has 1 fully saturated rings. The second-order valence-electron chi connectivity index (χ2n) is 5.72. The number of benzene rings is 1. The van der Waals surface area contributed by atoms with Crippen LogP contribution in [0.4, 0.5) is 17.6 Å². The molecule has 0 aliphatic carbocycles. The Balaban J connectivity index is 1.66. The molecule has 2 N–H and O–H groups in total. The van der Waals surface area contributed by atoms with Crippen LogP contribution in [-0.2, 0) is 4.74 Å². The van der Waals surface area contributed by atoms with E-state index in [2.05, 4.69) is 37.7 Å². The molecule has 0 radical (unpaired) electrons. The van der Waals surface area contributed by atoms with Crippen molar-refractivity contribution in [2.75, 3.05) is 23.8 Å². The predicted octanol–water partition coefficient (Wildman–Crippen LogP) is 3.08. The zero-order valence-electron chi connectivity index (χ0n) is 13.6. The van der Waals surface area contributed by atoms with E-state index < -0.39 is 0 Å². The van der Waals surface area contributed by atoms with Crippen molar-refractivity contribution in [2.24, 2.45) is 0 Å². The fourth-order valence-electron chi connectivity index (χ4n) is 2.60. The Morgan fingerprint density at radius 1 is 1.00 bits per heavy atom. The Morgan fingerprint density at radius 2 is 1.88 bits per heavy atom. The van der Waals surface area contributed by atoms with E-state index in [1.54, 1.807) is 12.1 Å². The average molecular weight is 331 g/mol. The molecule has 1 atom stereocenters.